The van der Waals surface area contributed by atoms with Crippen LogP contribution in [0.5, 0.6) is 0 Å². The zero-order valence-electron chi connectivity index (χ0n) is 12.7. The van der Waals surface area contributed by atoms with E-state index in [0.29, 0.717) is 19.6 Å². The second-order valence-corrected chi connectivity index (χ2v) is 5.11. The number of carboxylic acid groups (broad SMARTS) is 1. The molecule has 0 saturated heterocycles. The van der Waals surface area contributed by atoms with E-state index in [9.17, 15) is 9.59 Å². The molecule has 0 bridgehead atoms. The molecule has 0 spiro atoms. The maximum atomic E-state index is 11.8. The van der Waals surface area contributed by atoms with Crippen molar-refractivity contribution in [2.45, 2.75) is 13.0 Å². The highest BCUT2D eigenvalue weighted by molar-refractivity contribution is 5.84. The van der Waals surface area contributed by atoms with Crippen molar-refractivity contribution in [2.75, 3.05) is 40.8 Å². The van der Waals surface area contributed by atoms with Gasteiger partial charge >= 0.3 is 12.0 Å². The smallest absolute Gasteiger partial charge is 0.356 e. The van der Waals surface area contributed by atoms with Crippen LogP contribution >= 0.6 is 0 Å². The van der Waals surface area contributed by atoms with Crippen LogP contribution in [0.4, 0.5) is 4.79 Å². The topological polar surface area (TPSA) is 90.7 Å². The van der Waals surface area contributed by atoms with Gasteiger partial charge in [0.25, 0.3) is 0 Å². The molecule has 0 fully saturated rings. The van der Waals surface area contributed by atoms with E-state index in [4.69, 9.17) is 5.11 Å². The zero-order valence-corrected chi connectivity index (χ0v) is 12.7. The summed E-state index contributed by atoms with van der Waals surface area (Å²) in [5.41, 5.74) is 0.00197. The Morgan fingerprint density at radius 1 is 1.33 bits per heavy atom. The number of carboxylic acids is 1. The molecule has 2 amide bonds. The number of rotatable bonds is 8. The fourth-order valence-electron chi connectivity index (χ4n) is 1.75. The van der Waals surface area contributed by atoms with Crippen LogP contribution in [0, 0.1) is 0 Å². The number of aromatic carboxylic acids is 1. The lowest BCUT2D eigenvalue weighted by Crippen LogP contribution is -2.39. The quantitative estimate of drug-likeness (QED) is 0.714. The maximum Gasteiger partial charge on any atom is 0.356 e. The molecule has 8 heteroatoms. The summed E-state index contributed by atoms with van der Waals surface area (Å²) in [6.45, 7) is 2.53. The summed E-state index contributed by atoms with van der Waals surface area (Å²) in [6.07, 6.45) is 3.80. The number of amides is 2. The van der Waals surface area contributed by atoms with Crippen molar-refractivity contribution in [2.24, 2.45) is 0 Å². The molecule has 0 aliphatic carbocycles. The summed E-state index contributed by atoms with van der Waals surface area (Å²) in [5.74, 6) is -1.06. The molecule has 0 radical (unpaired) electrons. The number of hydrogen-bond donors (Lipinski definition) is 2. The third-order valence-electron chi connectivity index (χ3n) is 2.94. The largest absolute Gasteiger partial charge is 0.476 e. The highest BCUT2D eigenvalue weighted by atomic mass is 16.4. The third kappa shape index (κ3) is 6.26. The molecule has 0 aliphatic heterocycles. The lowest BCUT2D eigenvalue weighted by molar-refractivity contribution is 0.0691. The van der Waals surface area contributed by atoms with Gasteiger partial charge in [0.15, 0.2) is 5.69 Å². The number of carbonyl (C=O) groups excluding carboxylic acids is 1. The highest BCUT2D eigenvalue weighted by Gasteiger charge is 2.09. The second kappa shape index (κ2) is 8.25. The minimum Gasteiger partial charge on any atom is -0.476 e. The standard InChI is InChI=1S/C13H23N5O3/c1-16(2)6-4-7-17(3)13(21)14-5-8-18-9-11(12(19)20)15-10-18/h9-10H,4-8H2,1-3H3,(H,14,21)(H,19,20). The summed E-state index contributed by atoms with van der Waals surface area (Å²) in [6, 6.07) is -0.132. The zero-order chi connectivity index (χ0) is 15.8. The summed E-state index contributed by atoms with van der Waals surface area (Å²) in [5, 5.41) is 11.5. The second-order valence-electron chi connectivity index (χ2n) is 5.11. The molecule has 0 aliphatic rings. The number of hydrogen-bond acceptors (Lipinski definition) is 4. The summed E-state index contributed by atoms with van der Waals surface area (Å²) in [4.78, 5) is 29.9. The number of aromatic nitrogens is 2. The first-order valence-electron chi connectivity index (χ1n) is 6.79. The molecule has 0 aromatic carbocycles. The first-order chi connectivity index (χ1) is 9.90. The van der Waals surface area contributed by atoms with E-state index in [1.165, 1.54) is 12.5 Å². The third-order valence-corrected chi connectivity index (χ3v) is 2.94. The van der Waals surface area contributed by atoms with Crippen LogP contribution in [0.3, 0.4) is 0 Å². The van der Waals surface area contributed by atoms with E-state index >= 15 is 0 Å². The first kappa shape index (κ1) is 17.0. The minimum atomic E-state index is -1.06. The number of carbonyl (C=O) groups is 2. The van der Waals surface area contributed by atoms with Gasteiger partial charge in [0, 0.05) is 32.9 Å². The SMILES string of the molecule is CN(C)CCCN(C)C(=O)NCCn1cnc(C(=O)O)c1. The Hall–Kier alpha value is -2.09. The van der Waals surface area contributed by atoms with E-state index in [0.717, 1.165) is 13.0 Å². The van der Waals surface area contributed by atoms with Crippen molar-refractivity contribution < 1.29 is 14.7 Å². The lowest BCUT2D eigenvalue weighted by atomic mass is 10.4. The van der Waals surface area contributed by atoms with E-state index in [1.807, 2.05) is 14.1 Å². The van der Waals surface area contributed by atoms with Crippen LogP contribution in [0.15, 0.2) is 12.5 Å². The van der Waals surface area contributed by atoms with E-state index in [2.05, 4.69) is 15.2 Å². The number of nitrogens with zero attached hydrogens (tertiary/aromatic N) is 4. The van der Waals surface area contributed by atoms with Crippen LogP contribution in [0.1, 0.15) is 16.9 Å². The van der Waals surface area contributed by atoms with Crippen LogP contribution in [-0.4, -0.2) is 77.2 Å². The predicted octanol–water partition coefficient (Wildman–Crippen LogP) is 0.174. The van der Waals surface area contributed by atoms with Crippen molar-refractivity contribution in [3.05, 3.63) is 18.2 Å². The van der Waals surface area contributed by atoms with Crippen LogP contribution in [-0.2, 0) is 6.54 Å². The van der Waals surface area contributed by atoms with Gasteiger partial charge in [0.1, 0.15) is 0 Å². The molecule has 1 heterocycles. The van der Waals surface area contributed by atoms with Crippen molar-refractivity contribution in [3.8, 4) is 0 Å². The minimum absolute atomic E-state index is 0.00197. The van der Waals surface area contributed by atoms with Crippen molar-refractivity contribution >= 4 is 12.0 Å². The van der Waals surface area contributed by atoms with Gasteiger partial charge in [-0.3, -0.25) is 0 Å². The van der Waals surface area contributed by atoms with Gasteiger partial charge in [-0.2, -0.15) is 0 Å². The van der Waals surface area contributed by atoms with Gasteiger partial charge < -0.3 is 24.8 Å². The fourth-order valence-corrected chi connectivity index (χ4v) is 1.75. The molecule has 1 aromatic rings. The Labute approximate surface area is 124 Å². The molecule has 0 saturated carbocycles. The normalized spacial score (nSPS) is 10.7. The first-order valence-corrected chi connectivity index (χ1v) is 6.79. The Bertz CT molecular complexity index is 472. The van der Waals surface area contributed by atoms with Crippen molar-refractivity contribution in [1.29, 1.82) is 0 Å². The Balaban J connectivity index is 2.24. The van der Waals surface area contributed by atoms with Gasteiger partial charge in [-0.25, -0.2) is 14.6 Å². The maximum absolute atomic E-state index is 11.8. The lowest BCUT2D eigenvalue weighted by Gasteiger charge is -2.19. The van der Waals surface area contributed by atoms with Gasteiger partial charge in [-0.1, -0.05) is 0 Å². The molecular weight excluding hydrogens is 274 g/mol. The molecule has 21 heavy (non-hydrogen) atoms. The van der Waals surface area contributed by atoms with E-state index in [-0.39, 0.29) is 11.7 Å². The number of imidazole rings is 1. The molecule has 8 nitrogen and oxygen atoms in total. The van der Waals surface area contributed by atoms with E-state index in [1.54, 1.807) is 16.5 Å². The summed E-state index contributed by atoms with van der Waals surface area (Å²) in [7, 11) is 5.75. The summed E-state index contributed by atoms with van der Waals surface area (Å²) < 4.78 is 1.63. The Morgan fingerprint density at radius 3 is 2.62 bits per heavy atom. The number of nitrogens with one attached hydrogen (secondary N) is 1. The molecule has 118 valence electrons. The average molecular weight is 297 g/mol. The predicted molar refractivity (Wildman–Crippen MR) is 78.4 cm³/mol. The monoisotopic (exact) mass is 297 g/mol. The average Bonchev–Trinajstić information content (AvgIpc) is 2.87. The van der Waals surface area contributed by atoms with Crippen LogP contribution in [0.25, 0.3) is 0 Å². The molecule has 0 unspecified atom stereocenters. The fraction of sp³-hybridized carbons (Fsp3) is 0.615. The molecule has 1 rings (SSSR count). The molecular formula is C13H23N5O3. The molecule has 2 N–H and O–H groups in total. The summed E-state index contributed by atoms with van der Waals surface area (Å²) >= 11 is 0. The van der Waals surface area contributed by atoms with Gasteiger partial charge in [0.05, 0.1) is 6.33 Å². The highest BCUT2D eigenvalue weighted by Crippen LogP contribution is 1.96. The van der Waals surface area contributed by atoms with E-state index < -0.39 is 5.97 Å². The van der Waals surface area contributed by atoms with Gasteiger partial charge in [-0.15, -0.1) is 0 Å². The van der Waals surface area contributed by atoms with Gasteiger partial charge in [-0.05, 0) is 27.1 Å². The Kier molecular flexibility index (Phi) is 6.67. The Morgan fingerprint density at radius 2 is 2.05 bits per heavy atom. The van der Waals surface area contributed by atoms with Crippen LogP contribution < -0.4 is 5.32 Å². The molecule has 1 aromatic heterocycles. The van der Waals surface area contributed by atoms with Crippen LogP contribution in [0.2, 0.25) is 0 Å². The van der Waals surface area contributed by atoms with Crippen molar-refractivity contribution in [3.63, 3.8) is 0 Å². The molecule has 0 atom stereocenters. The van der Waals surface area contributed by atoms with Crippen molar-refractivity contribution in [1.82, 2.24) is 24.7 Å². The number of urea groups is 1. The van der Waals surface area contributed by atoms with Gasteiger partial charge in [0.2, 0.25) is 0 Å².